The minimum absolute atomic E-state index is 0.00465. The number of fused-ring (bicyclic) bond motifs is 1. The summed E-state index contributed by atoms with van der Waals surface area (Å²) in [7, 11) is 0. The zero-order valence-corrected chi connectivity index (χ0v) is 18.0. The number of nitrogens with zero attached hydrogens (tertiary/aromatic N) is 4. The number of carbonyl (C=O) groups excluding carboxylic acids is 1. The molecule has 1 fully saturated rings. The van der Waals surface area contributed by atoms with E-state index in [4.69, 9.17) is 9.47 Å². The number of amides is 1. The first-order valence-corrected chi connectivity index (χ1v) is 11.6. The number of hydrogen-bond donors (Lipinski definition) is 1. The minimum atomic E-state index is -0.589. The van der Waals surface area contributed by atoms with Gasteiger partial charge in [-0.25, -0.2) is 0 Å². The Morgan fingerprint density at radius 3 is 2.77 bits per heavy atom. The van der Waals surface area contributed by atoms with E-state index in [1.807, 2.05) is 48.7 Å². The van der Waals surface area contributed by atoms with Crippen molar-refractivity contribution in [2.24, 2.45) is 0 Å². The van der Waals surface area contributed by atoms with Crippen LogP contribution in [0.1, 0.15) is 37.7 Å². The Balaban J connectivity index is 1.45. The SMILES string of the molecule is CSc1nnnn1-c1cccc(NC(=O)C2(c3ccc4c(c3)OCO4)CCCCC2)c1. The number of aromatic nitrogens is 4. The number of anilines is 1. The Morgan fingerprint density at radius 2 is 1.94 bits per heavy atom. The fourth-order valence-corrected chi connectivity index (χ4v) is 4.86. The molecule has 1 aliphatic heterocycles. The van der Waals surface area contributed by atoms with Crippen LogP contribution in [0.3, 0.4) is 0 Å². The summed E-state index contributed by atoms with van der Waals surface area (Å²) in [4.78, 5) is 13.7. The molecular formula is C22H23N5O3S. The highest BCUT2D eigenvalue weighted by Crippen LogP contribution is 2.44. The molecule has 0 spiro atoms. The molecule has 2 heterocycles. The molecule has 3 aromatic rings. The largest absolute Gasteiger partial charge is 0.454 e. The number of thioether (sulfide) groups is 1. The lowest BCUT2D eigenvalue weighted by atomic mass is 9.68. The lowest BCUT2D eigenvalue weighted by Gasteiger charge is -2.36. The molecule has 9 heteroatoms. The zero-order valence-electron chi connectivity index (χ0n) is 17.2. The van der Waals surface area contributed by atoms with E-state index in [0.717, 1.165) is 54.8 Å². The molecular weight excluding hydrogens is 414 g/mol. The third kappa shape index (κ3) is 3.63. The Hall–Kier alpha value is -3.07. The average molecular weight is 438 g/mol. The van der Waals surface area contributed by atoms with Crippen molar-refractivity contribution in [3.8, 4) is 17.2 Å². The summed E-state index contributed by atoms with van der Waals surface area (Å²) in [6, 6.07) is 13.5. The van der Waals surface area contributed by atoms with Crippen molar-refractivity contribution in [2.75, 3.05) is 18.4 Å². The van der Waals surface area contributed by atoms with E-state index in [1.165, 1.54) is 11.8 Å². The third-order valence-corrected chi connectivity index (χ3v) is 6.66. The van der Waals surface area contributed by atoms with Gasteiger partial charge in [-0.3, -0.25) is 4.79 Å². The lowest BCUT2D eigenvalue weighted by molar-refractivity contribution is -0.122. The van der Waals surface area contributed by atoms with Crippen molar-refractivity contribution in [1.29, 1.82) is 0 Å². The van der Waals surface area contributed by atoms with Crippen molar-refractivity contribution in [3.63, 3.8) is 0 Å². The van der Waals surface area contributed by atoms with Gasteiger partial charge in [-0.1, -0.05) is 43.2 Å². The summed E-state index contributed by atoms with van der Waals surface area (Å²) in [6.45, 7) is 0.222. The summed E-state index contributed by atoms with van der Waals surface area (Å²) < 4.78 is 12.7. The molecule has 0 atom stereocenters. The fraction of sp³-hybridized carbons (Fsp3) is 0.364. The first-order valence-electron chi connectivity index (χ1n) is 10.3. The highest BCUT2D eigenvalue weighted by atomic mass is 32.2. The van der Waals surface area contributed by atoms with Gasteiger partial charge < -0.3 is 14.8 Å². The van der Waals surface area contributed by atoms with Gasteiger partial charge >= 0.3 is 0 Å². The third-order valence-electron chi connectivity index (χ3n) is 6.04. The quantitative estimate of drug-likeness (QED) is 0.604. The van der Waals surface area contributed by atoms with Crippen molar-refractivity contribution in [1.82, 2.24) is 20.2 Å². The van der Waals surface area contributed by atoms with Crippen molar-refractivity contribution >= 4 is 23.4 Å². The van der Waals surface area contributed by atoms with Gasteiger partial charge in [0, 0.05) is 5.69 Å². The van der Waals surface area contributed by atoms with Gasteiger partial charge in [0.1, 0.15) is 0 Å². The Kier molecular flexibility index (Phi) is 5.27. The maximum absolute atomic E-state index is 13.7. The molecule has 1 saturated carbocycles. The van der Waals surface area contributed by atoms with Crippen molar-refractivity contribution < 1.29 is 14.3 Å². The summed E-state index contributed by atoms with van der Waals surface area (Å²) in [5.74, 6) is 1.44. The number of nitrogens with one attached hydrogen (secondary N) is 1. The van der Waals surface area contributed by atoms with Crippen LogP contribution < -0.4 is 14.8 Å². The van der Waals surface area contributed by atoms with Crippen LogP contribution in [0.5, 0.6) is 11.5 Å². The van der Waals surface area contributed by atoms with Gasteiger partial charge in [-0.05, 0) is 65.4 Å². The van der Waals surface area contributed by atoms with Crippen LogP contribution in [0.15, 0.2) is 47.6 Å². The molecule has 1 aromatic heterocycles. The predicted octanol–water partition coefficient (Wildman–Crippen LogP) is 3.95. The second kappa shape index (κ2) is 8.22. The molecule has 5 rings (SSSR count). The molecule has 0 radical (unpaired) electrons. The van der Waals surface area contributed by atoms with Gasteiger partial charge in [0.05, 0.1) is 11.1 Å². The van der Waals surface area contributed by atoms with Crippen molar-refractivity contribution in [3.05, 3.63) is 48.0 Å². The number of carbonyl (C=O) groups is 1. The lowest BCUT2D eigenvalue weighted by Crippen LogP contribution is -2.42. The van der Waals surface area contributed by atoms with Gasteiger partial charge in [0.2, 0.25) is 17.9 Å². The van der Waals surface area contributed by atoms with Crippen LogP contribution in [0.4, 0.5) is 5.69 Å². The van der Waals surface area contributed by atoms with Crippen LogP contribution in [0.25, 0.3) is 5.69 Å². The van der Waals surface area contributed by atoms with Crippen molar-refractivity contribution in [2.45, 2.75) is 42.7 Å². The van der Waals surface area contributed by atoms with E-state index in [-0.39, 0.29) is 12.7 Å². The minimum Gasteiger partial charge on any atom is -0.454 e. The smallest absolute Gasteiger partial charge is 0.235 e. The van der Waals surface area contributed by atoms with Crippen LogP contribution in [0.2, 0.25) is 0 Å². The number of ether oxygens (including phenoxy) is 2. The Labute approximate surface area is 184 Å². The average Bonchev–Trinajstić information content (AvgIpc) is 3.48. The normalized spacial score (nSPS) is 16.8. The Bertz CT molecular complexity index is 1110. The fourth-order valence-electron chi connectivity index (χ4n) is 4.43. The molecule has 0 saturated heterocycles. The summed E-state index contributed by atoms with van der Waals surface area (Å²) in [5, 5.41) is 15.7. The standard InChI is InChI=1S/C22H23N5O3S/c1-31-21-24-25-26-27(21)17-7-5-6-16(13-17)23-20(28)22(10-3-2-4-11-22)15-8-9-18-19(12-15)30-14-29-18/h5-9,12-13H,2-4,10-11,14H2,1H3,(H,23,28). The molecule has 31 heavy (non-hydrogen) atoms. The highest BCUT2D eigenvalue weighted by molar-refractivity contribution is 7.98. The molecule has 0 unspecified atom stereocenters. The second-order valence-electron chi connectivity index (χ2n) is 7.79. The van der Waals surface area contributed by atoms with Crippen LogP contribution >= 0.6 is 11.8 Å². The predicted molar refractivity (Wildman–Crippen MR) is 117 cm³/mol. The van der Waals surface area contributed by atoms with Crippen LogP contribution in [-0.4, -0.2) is 39.2 Å². The number of hydrogen-bond acceptors (Lipinski definition) is 7. The maximum atomic E-state index is 13.7. The highest BCUT2D eigenvalue weighted by Gasteiger charge is 2.42. The number of benzene rings is 2. The van der Waals surface area contributed by atoms with Crippen LogP contribution in [-0.2, 0) is 10.2 Å². The van der Waals surface area contributed by atoms with E-state index >= 15 is 0 Å². The van der Waals surface area contributed by atoms with E-state index < -0.39 is 5.41 Å². The molecule has 1 N–H and O–H groups in total. The molecule has 1 amide bonds. The van der Waals surface area contributed by atoms with E-state index in [2.05, 4.69) is 20.8 Å². The van der Waals surface area contributed by atoms with E-state index in [1.54, 1.807) is 4.68 Å². The van der Waals surface area contributed by atoms with E-state index in [9.17, 15) is 4.79 Å². The second-order valence-corrected chi connectivity index (χ2v) is 8.57. The van der Waals surface area contributed by atoms with E-state index in [0.29, 0.717) is 10.9 Å². The first kappa shape index (κ1) is 19.9. The van der Waals surface area contributed by atoms with Gasteiger partial charge in [-0.15, -0.1) is 5.10 Å². The van der Waals surface area contributed by atoms with Gasteiger partial charge in [-0.2, -0.15) is 4.68 Å². The van der Waals surface area contributed by atoms with Crippen LogP contribution in [0, 0.1) is 0 Å². The number of rotatable bonds is 5. The monoisotopic (exact) mass is 437 g/mol. The topological polar surface area (TPSA) is 91.2 Å². The molecule has 2 aliphatic rings. The molecule has 0 bridgehead atoms. The molecule has 2 aromatic carbocycles. The maximum Gasteiger partial charge on any atom is 0.235 e. The zero-order chi connectivity index (χ0) is 21.3. The summed E-state index contributed by atoms with van der Waals surface area (Å²) in [6.07, 6.45) is 6.72. The first-order chi connectivity index (χ1) is 15.2. The van der Waals surface area contributed by atoms with Gasteiger partial charge in [0.15, 0.2) is 11.5 Å². The number of tetrazole rings is 1. The molecule has 160 valence electrons. The molecule has 8 nitrogen and oxygen atoms in total. The van der Waals surface area contributed by atoms with Gasteiger partial charge in [0.25, 0.3) is 0 Å². The summed E-state index contributed by atoms with van der Waals surface area (Å²) in [5.41, 5.74) is 1.91. The molecule has 1 aliphatic carbocycles. The Morgan fingerprint density at radius 1 is 1.10 bits per heavy atom. The summed E-state index contributed by atoms with van der Waals surface area (Å²) >= 11 is 1.46.